The van der Waals surface area contributed by atoms with Crippen LogP contribution in [0.4, 0.5) is 11.5 Å². The van der Waals surface area contributed by atoms with Crippen molar-refractivity contribution in [3.05, 3.63) is 78.5 Å². The molecule has 0 amide bonds. The molecule has 0 fully saturated rings. The molecule has 0 aliphatic heterocycles. The molecule has 0 saturated carbocycles. The average Bonchev–Trinajstić information content (AvgIpc) is 2.70. The molecule has 0 aliphatic rings. The third-order valence-electron chi connectivity index (χ3n) is 3.95. The van der Waals surface area contributed by atoms with Gasteiger partial charge in [0.2, 0.25) is 0 Å². The van der Waals surface area contributed by atoms with Crippen LogP contribution in [0.25, 0.3) is 0 Å². The minimum atomic E-state index is -3.61. The van der Waals surface area contributed by atoms with Crippen molar-refractivity contribution in [1.29, 1.82) is 0 Å². The molecule has 2 N–H and O–H groups in total. The van der Waals surface area contributed by atoms with Crippen molar-refractivity contribution < 1.29 is 13.2 Å². The highest BCUT2D eigenvalue weighted by molar-refractivity contribution is 7.92. The number of pyridine rings is 1. The van der Waals surface area contributed by atoms with Crippen LogP contribution in [0.1, 0.15) is 5.56 Å². The number of aromatic nitrogens is 1. The molecule has 0 saturated heterocycles. The molecule has 3 aromatic rings. The topological polar surface area (TPSA) is 80.3 Å². The number of nitrogens with zero attached hydrogens (tertiary/aromatic N) is 1. The summed E-state index contributed by atoms with van der Waals surface area (Å²) in [5, 5.41) is 3.22. The van der Waals surface area contributed by atoms with E-state index < -0.39 is 10.0 Å². The smallest absolute Gasteiger partial charge is 0.261 e. The lowest BCUT2D eigenvalue weighted by Gasteiger charge is -2.09. The summed E-state index contributed by atoms with van der Waals surface area (Å²) in [5.41, 5.74) is 1.61. The van der Waals surface area contributed by atoms with Gasteiger partial charge in [0.15, 0.2) is 0 Å². The van der Waals surface area contributed by atoms with Gasteiger partial charge in [0.25, 0.3) is 10.0 Å². The lowest BCUT2D eigenvalue weighted by Crippen LogP contribution is -2.13. The molecule has 7 heteroatoms. The highest BCUT2D eigenvalue weighted by atomic mass is 32.2. The summed E-state index contributed by atoms with van der Waals surface area (Å²) in [6.07, 6.45) is 2.34. The Labute approximate surface area is 159 Å². The number of anilines is 2. The van der Waals surface area contributed by atoms with Crippen LogP contribution >= 0.6 is 0 Å². The fraction of sp³-hybridized carbons (Fsp3) is 0.150. The van der Waals surface area contributed by atoms with Crippen molar-refractivity contribution in [1.82, 2.24) is 4.98 Å². The monoisotopic (exact) mass is 383 g/mol. The van der Waals surface area contributed by atoms with E-state index >= 15 is 0 Å². The highest BCUT2D eigenvalue weighted by Crippen LogP contribution is 2.16. The summed E-state index contributed by atoms with van der Waals surface area (Å²) in [6, 6.07) is 19.6. The van der Waals surface area contributed by atoms with E-state index in [-0.39, 0.29) is 4.90 Å². The summed E-state index contributed by atoms with van der Waals surface area (Å²) < 4.78 is 32.3. The van der Waals surface area contributed by atoms with Gasteiger partial charge in [-0.3, -0.25) is 4.72 Å². The number of ether oxygens (including phenoxy) is 1. The Morgan fingerprint density at radius 3 is 2.33 bits per heavy atom. The minimum absolute atomic E-state index is 0.215. The zero-order valence-electron chi connectivity index (χ0n) is 14.9. The molecular formula is C20H21N3O3S. The molecular weight excluding hydrogens is 362 g/mol. The number of nitrogens with one attached hydrogen (secondary N) is 2. The van der Waals surface area contributed by atoms with Crippen molar-refractivity contribution in [2.75, 3.05) is 23.7 Å². The van der Waals surface area contributed by atoms with Gasteiger partial charge in [-0.15, -0.1) is 0 Å². The van der Waals surface area contributed by atoms with Gasteiger partial charge < -0.3 is 10.1 Å². The van der Waals surface area contributed by atoms with Gasteiger partial charge in [0, 0.05) is 6.54 Å². The second kappa shape index (κ2) is 8.55. The van der Waals surface area contributed by atoms with Gasteiger partial charge >= 0.3 is 0 Å². The van der Waals surface area contributed by atoms with Crippen LogP contribution in [0.15, 0.2) is 77.8 Å². The maximum Gasteiger partial charge on any atom is 0.261 e. The maximum atomic E-state index is 12.3. The third kappa shape index (κ3) is 5.21. The SMILES string of the molecule is COc1ccc(CCNc2ccc(NS(=O)(=O)c3ccccc3)cn2)cc1. The molecule has 27 heavy (non-hydrogen) atoms. The molecule has 0 aliphatic carbocycles. The number of hydrogen-bond acceptors (Lipinski definition) is 5. The van der Waals surface area contributed by atoms with E-state index in [1.54, 1.807) is 49.6 Å². The predicted molar refractivity (Wildman–Crippen MR) is 107 cm³/mol. The number of benzene rings is 2. The highest BCUT2D eigenvalue weighted by Gasteiger charge is 2.13. The average molecular weight is 383 g/mol. The molecule has 1 heterocycles. The third-order valence-corrected chi connectivity index (χ3v) is 5.35. The van der Waals surface area contributed by atoms with E-state index in [1.807, 2.05) is 24.3 Å². The van der Waals surface area contributed by atoms with Gasteiger partial charge in [-0.2, -0.15) is 0 Å². The Balaban J connectivity index is 1.54. The Kier molecular flexibility index (Phi) is 5.93. The zero-order valence-corrected chi connectivity index (χ0v) is 15.7. The normalized spacial score (nSPS) is 11.0. The molecule has 3 rings (SSSR count). The standard InChI is InChI=1S/C20H21N3O3S/c1-26-18-10-7-16(8-11-18)13-14-21-20-12-9-17(15-22-20)23-27(24,25)19-5-3-2-4-6-19/h2-12,15,23H,13-14H2,1H3,(H,21,22). The van der Waals surface area contributed by atoms with Crippen molar-refractivity contribution >= 4 is 21.5 Å². The molecule has 140 valence electrons. The molecule has 0 atom stereocenters. The molecule has 2 aromatic carbocycles. The Bertz CT molecular complexity index is 958. The van der Waals surface area contributed by atoms with E-state index in [1.165, 1.54) is 11.8 Å². The summed E-state index contributed by atoms with van der Waals surface area (Å²) in [6.45, 7) is 0.717. The lowest BCUT2D eigenvalue weighted by molar-refractivity contribution is 0.414. The van der Waals surface area contributed by atoms with Crippen molar-refractivity contribution in [2.24, 2.45) is 0 Å². The van der Waals surface area contributed by atoms with E-state index in [9.17, 15) is 8.42 Å². The molecule has 0 spiro atoms. The van der Waals surface area contributed by atoms with Gasteiger partial charge in [-0.1, -0.05) is 30.3 Å². The fourth-order valence-electron chi connectivity index (χ4n) is 2.50. The Hall–Kier alpha value is -3.06. The molecule has 0 radical (unpaired) electrons. The quantitative estimate of drug-likeness (QED) is 0.622. The van der Waals surface area contributed by atoms with Gasteiger partial charge in [-0.05, 0) is 48.4 Å². The van der Waals surface area contributed by atoms with Gasteiger partial charge in [0.1, 0.15) is 11.6 Å². The second-order valence-electron chi connectivity index (χ2n) is 5.88. The van der Waals surface area contributed by atoms with Crippen LogP contribution in [-0.2, 0) is 16.4 Å². The maximum absolute atomic E-state index is 12.3. The van der Waals surface area contributed by atoms with Crippen LogP contribution in [-0.4, -0.2) is 27.1 Å². The van der Waals surface area contributed by atoms with E-state index in [4.69, 9.17) is 4.74 Å². The van der Waals surface area contributed by atoms with Crippen LogP contribution in [0.5, 0.6) is 5.75 Å². The van der Waals surface area contributed by atoms with E-state index in [0.29, 0.717) is 18.1 Å². The molecule has 6 nitrogen and oxygen atoms in total. The summed E-state index contributed by atoms with van der Waals surface area (Å²) >= 11 is 0. The largest absolute Gasteiger partial charge is 0.497 e. The molecule has 1 aromatic heterocycles. The fourth-order valence-corrected chi connectivity index (χ4v) is 3.56. The first kappa shape index (κ1) is 18.7. The second-order valence-corrected chi connectivity index (χ2v) is 7.56. The Morgan fingerprint density at radius 1 is 0.963 bits per heavy atom. The molecule has 0 bridgehead atoms. The van der Waals surface area contributed by atoms with Gasteiger partial charge in [0.05, 0.1) is 23.9 Å². The number of methoxy groups -OCH3 is 1. The van der Waals surface area contributed by atoms with Crippen molar-refractivity contribution in [3.63, 3.8) is 0 Å². The Morgan fingerprint density at radius 2 is 1.70 bits per heavy atom. The first-order valence-electron chi connectivity index (χ1n) is 8.47. The first-order valence-corrected chi connectivity index (χ1v) is 9.96. The number of sulfonamides is 1. The van der Waals surface area contributed by atoms with E-state index in [2.05, 4.69) is 15.0 Å². The number of rotatable bonds is 8. The predicted octanol–water partition coefficient (Wildman–Crippen LogP) is 3.55. The molecule has 0 unspecified atom stereocenters. The van der Waals surface area contributed by atoms with E-state index in [0.717, 1.165) is 12.2 Å². The summed E-state index contributed by atoms with van der Waals surface area (Å²) in [7, 11) is -1.96. The van der Waals surface area contributed by atoms with Crippen molar-refractivity contribution in [3.8, 4) is 5.75 Å². The summed E-state index contributed by atoms with van der Waals surface area (Å²) in [4.78, 5) is 4.47. The van der Waals surface area contributed by atoms with Crippen LogP contribution in [0.3, 0.4) is 0 Å². The first-order chi connectivity index (χ1) is 13.1. The lowest BCUT2D eigenvalue weighted by atomic mass is 10.1. The zero-order chi connectivity index (χ0) is 19.1. The minimum Gasteiger partial charge on any atom is -0.497 e. The van der Waals surface area contributed by atoms with Crippen LogP contribution in [0, 0.1) is 0 Å². The van der Waals surface area contributed by atoms with Crippen LogP contribution in [0.2, 0.25) is 0 Å². The van der Waals surface area contributed by atoms with Crippen LogP contribution < -0.4 is 14.8 Å². The number of hydrogen-bond donors (Lipinski definition) is 2. The van der Waals surface area contributed by atoms with Gasteiger partial charge in [-0.25, -0.2) is 13.4 Å². The van der Waals surface area contributed by atoms with Crippen molar-refractivity contribution in [2.45, 2.75) is 11.3 Å². The summed E-state index contributed by atoms with van der Waals surface area (Å²) in [5.74, 6) is 1.52.